The van der Waals surface area contributed by atoms with Gasteiger partial charge in [0.15, 0.2) is 0 Å². The Labute approximate surface area is 177 Å². The van der Waals surface area contributed by atoms with Crippen LogP contribution in [0, 0.1) is 11.7 Å². The minimum absolute atomic E-state index is 0.0228. The minimum Gasteiger partial charge on any atom is -0.467 e. The van der Waals surface area contributed by atoms with E-state index in [2.05, 4.69) is 0 Å². The van der Waals surface area contributed by atoms with Gasteiger partial charge < -0.3 is 19.0 Å². The number of ether oxygens (including phenoxy) is 1. The van der Waals surface area contributed by atoms with Crippen LogP contribution in [0.1, 0.15) is 38.5 Å². The number of hydrogen-bond acceptors (Lipinski definition) is 4. The molecule has 7 heteroatoms. The molecule has 0 aliphatic heterocycles. The number of halogens is 1. The van der Waals surface area contributed by atoms with Crippen molar-refractivity contribution in [2.45, 2.75) is 40.3 Å². The first kappa shape index (κ1) is 23.6. The zero-order chi connectivity index (χ0) is 21.9. The number of hydrogen-bond donors (Lipinski definition) is 0. The number of nitrogens with zero attached hydrogens (tertiary/aromatic N) is 2. The number of carbonyl (C=O) groups excluding carboxylic acids is 2. The Morgan fingerprint density at radius 3 is 2.43 bits per heavy atom. The molecule has 0 bridgehead atoms. The average Bonchev–Trinajstić information content (AvgIpc) is 3.23. The lowest BCUT2D eigenvalue weighted by Crippen LogP contribution is -2.44. The van der Waals surface area contributed by atoms with Crippen LogP contribution in [-0.2, 0) is 27.4 Å². The molecule has 30 heavy (non-hydrogen) atoms. The summed E-state index contributed by atoms with van der Waals surface area (Å²) in [5.74, 6) is -0.157. The van der Waals surface area contributed by atoms with Crippen LogP contribution in [0.3, 0.4) is 0 Å². The molecule has 2 rings (SSSR count). The summed E-state index contributed by atoms with van der Waals surface area (Å²) in [5.41, 5.74) is 0.800. The van der Waals surface area contributed by atoms with E-state index in [9.17, 15) is 14.0 Å². The molecule has 0 spiro atoms. The second-order valence-corrected chi connectivity index (χ2v) is 7.42. The Morgan fingerprint density at radius 2 is 1.83 bits per heavy atom. The first-order valence-electron chi connectivity index (χ1n) is 10.3. The van der Waals surface area contributed by atoms with Crippen LogP contribution in [0.25, 0.3) is 0 Å². The minimum atomic E-state index is -0.328. The lowest BCUT2D eigenvalue weighted by molar-refractivity contribution is -0.143. The van der Waals surface area contributed by atoms with Gasteiger partial charge in [0, 0.05) is 32.2 Å². The number of amides is 2. The Balaban J connectivity index is 2.11. The third kappa shape index (κ3) is 7.63. The smallest absolute Gasteiger partial charge is 0.242 e. The van der Waals surface area contributed by atoms with Crippen molar-refractivity contribution in [3.05, 3.63) is 59.8 Å². The lowest BCUT2D eigenvalue weighted by atomic mass is 10.1. The highest BCUT2D eigenvalue weighted by Crippen LogP contribution is 2.13. The highest BCUT2D eigenvalue weighted by molar-refractivity contribution is 5.85. The van der Waals surface area contributed by atoms with Crippen LogP contribution in [0.2, 0.25) is 0 Å². The van der Waals surface area contributed by atoms with Crippen LogP contribution < -0.4 is 0 Å². The maximum absolute atomic E-state index is 13.2. The summed E-state index contributed by atoms with van der Waals surface area (Å²) in [4.78, 5) is 29.0. The van der Waals surface area contributed by atoms with Crippen molar-refractivity contribution >= 4 is 11.8 Å². The van der Waals surface area contributed by atoms with Gasteiger partial charge in [-0.3, -0.25) is 9.59 Å². The molecule has 0 saturated carbocycles. The molecule has 0 fully saturated rings. The number of benzene rings is 1. The topological polar surface area (TPSA) is 63.0 Å². The van der Waals surface area contributed by atoms with Crippen molar-refractivity contribution in [3.8, 4) is 0 Å². The number of furan rings is 1. The van der Waals surface area contributed by atoms with Gasteiger partial charge in [0.2, 0.25) is 11.8 Å². The summed E-state index contributed by atoms with van der Waals surface area (Å²) in [7, 11) is 0. The van der Waals surface area contributed by atoms with Crippen molar-refractivity contribution < 1.29 is 23.1 Å². The predicted molar refractivity (Wildman–Crippen MR) is 112 cm³/mol. The number of carbonyl (C=O) groups is 2. The van der Waals surface area contributed by atoms with Gasteiger partial charge in [0.05, 0.1) is 19.4 Å². The van der Waals surface area contributed by atoms with Gasteiger partial charge in [-0.15, -0.1) is 0 Å². The van der Waals surface area contributed by atoms with Crippen LogP contribution in [0.15, 0.2) is 47.1 Å². The molecule has 0 saturated heterocycles. The van der Waals surface area contributed by atoms with Gasteiger partial charge in [-0.1, -0.05) is 26.0 Å². The summed E-state index contributed by atoms with van der Waals surface area (Å²) < 4.78 is 24.0. The van der Waals surface area contributed by atoms with Crippen LogP contribution >= 0.6 is 0 Å². The van der Waals surface area contributed by atoms with Crippen molar-refractivity contribution in [3.63, 3.8) is 0 Å². The average molecular weight is 419 g/mol. The summed E-state index contributed by atoms with van der Waals surface area (Å²) in [5, 5.41) is 0. The van der Waals surface area contributed by atoms with Crippen molar-refractivity contribution in [1.29, 1.82) is 0 Å². The maximum atomic E-state index is 13.2. The Hall–Kier alpha value is -2.67. The molecule has 0 radical (unpaired) electrons. The molecular formula is C23H31FN2O4. The monoisotopic (exact) mass is 418 g/mol. The van der Waals surface area contributed by atoms with E-state index < -0.39 is 0 Å². The molecule has 1 heterocycles. The van der Waals surface area contributed by atoms with Crippen LogP contribution in [0.5, 0.6) is 0 Å². The largest absolute Gasteiger partial charge is 0.467 e. The fraction of sp³-hybridized carbons (Fsp3) is 0.478. The molecule has 0 atom stereocenters. The van der Waals surface area contributed by atoms with Gasteiger partial charge in [-0.2, -0.15) is 0 Å². The Morgan fingerprint density at radius 1 is 1.10 bits per heavy atom. The predicted octanol–water partition coefficient (Wildman–Crippen LogP) is 3.86. The SMILES string of the molecule is CCOCCCN(CC(=O)N(Cc1ccc(F)cc1)Cc1ccco1)C(=O)C(C)C. The summed E-state index contributed by atoms with van der Waals surface area (Å²) in [6, 6.07) is 9.59. The first-order valence-corrected chi connectivity index (χ1v) is 10.3. The zero-order valence-corrected chi connectivity index (χ0v) is 18.0. The first-order chi connectivity index (χ1) is 14.4. The van der Waals surface area contributed by atoms with Crippen LogP contribution in [-0.4, -0.2) is 47.9 Å². The molecule has 0 aliphatic carbocycles. The fourth-order valence-corrected chi connectivity index (χ4v) is 3.03. The third-order valence-electron chi connectivity index (χ3n) is 4.62. The molecule has 2 amide bonds. The van der Waals surface area contributed by atoms with E-state index in [1.807, 2.05) is 20.8 Å². The molecule has 2 aromatic rings. The highest BCUT2D eigenvalue weighted by atomic mass is 19.1. The zero-order valence-electron chi connectivity index (χ0n) is 18.0. The molecule has 0 aliphatic rings. The quantitative estimate of drug-likeness (QED) is 0.491. The van der Waals surface area contributed by atoms with E-state index in [1.54, 1.807) is 40.3 Å². The molecule has 0 N–H and O–H groups in total. The van der Waals surface area contributed by atoms with E-state index in [0.29, 0.717) is 38.5 Å². The molecule has 0 unspecified atom stereocenters. The van der Waals surface area contributed by atoms with Gasteiger partial charge in [0.1, 0.15) is 11.6 Å². The third-order valence-corrected chi connectivity index (χ3v) is 4.62. The van der Waals surface area contributed by atoms with Gasteiger partial charge >= 0.3 is 0 Å². The molecule has 6 nitrogen and oxygen atoms in total. The highest BCUT2D eigenvalue weighted by Gasteiger charge is 2.23. The second-order valence-electron chi connectivity index (χ2n) is 7.42. The summed E-state index contributed by atoms with van der Waals surface area (Å²) in [6.07, 6.45) is 2.22. The molecular weight excluding hydrogens is 387 g/mol. The molecule has 1 aromatic heterocycles. The van der Waals surface area contributed by atoms with E-state index in [-0.39, 0.29) is 36.6 Å². The van der Waals surface area contributed by atoms with Gasteiger partial charge in [0.25, 0.3) is 0 Å². The van der Waals surface area contributed by atoms with Crippen molar-refractivity contribution in [2.24, 2.45) is 5.92 Å². The van der Waals surface area contributed by atoms with E-state index >= 15 is 0 Å². The second kappa shape index (κ2) is 12.1. The lowest BCUT2D eigenvalue weighted by Gasteiger charge is -2.28. The van der Waals surface area contributed by atoms with Gasteiger partial charge in [-0.05, 0) is 43.2 Å². The van der Waals surface area contributed by atoms with Gasteiger partial charge in [-0.25, -0.2) is 4.39 Å². The maximum Gasteiger partial charge on any atom is 0.242 e. The summed E-state index contributed by atoms with van der Waals surface area (Å²) in [6.45, 7) is 7.71. The van der Waals surface area contributed by atoms with Crippen LogP contribution in [0.4, 0.5) is 4.39 Å². The fourth-order valence-electron chi connectivity index (χ4n) is 3.03. The molecule has 164 valence electrons. The number of rotatable bonds is 12. The van der Waals surface area contributed by atoms with E-state index in [0.717, 1.165) is 5.56 Å². The van der Waals surface area contributed by atoms with Crippen molar-refractivity contribution in [1.82, 2.24) is 9.80 Å². The standard InChI is InChI=1S/C23H31FN2O4/c1-4-29-13-6-12-25(23(28)18(2)3)17-22(27)26(16-21-7-5-14-30-21)15-19-8-10-20(24)11-9-19/h5,7-11,14,18H,4,6,12-13,15-17H2,1-3H3. The van der Waals surface area contributed by atoms with E-state index in [1.165, 1.54) is 12.1 Å². The summed E-state index contributed by atoms with van der Waals surface area (Å²) >= 11 is 0. The van der Waals surface area contributed by atoms with Crippen molar-refractivity contribution in [2.75, 3.05) is 26.3 Å². The normalized spacial score (nSPS) is 11.0. The Bertz CT molecular complexity index is 775. The Kier molecular flexibility index (Phi) is 9.54. The van der Waals surface area contributed by atoms with E-state index in [4.69, 9.17) is 9.15 Å². The molecule has 1 aromatic carbocycles.